The molecule has 0 aliphatic carbocycles. The molecule has 0 radical (unpaired) electrons. The Morgan fingerprint density at radius 1 is 1.03 bits per heavy atom. The van der Waals surface area contributed by atoms with Crippen molar-refractivity contribution < 1.29 is 26.3 Å². The molecule has 0 bridgehead atoms. The van der Waals surface area contributed by atoms with Gasteiger partial charge in [0.05, 0.1) is 28.2 Å². The fourth-order valence-corrected chi connectivity index (χ4v) is 3.10. The fourth-order valence-electron chi connectivity index (χ4n) is 3.10. The van der Waals surface area contributed by atoms with Gasteiger partial charge in [0.25, 0.3) is 0 Å². The molecule has 0 aliphatic heterocycles. The molecule has 2 aromatic heterocycles. The Kier molecular flexibility index (Phi) is 6.44. The molecule has 3 aromatic rings. The number of aryl methyl sites for hydroxylation is 1. The Hall–Kier alpha value is -3.87. The lowest BCUT2D eigenvalue weighted by Crippen LogP contribution is -2.22. The summed E-state index contributed by atoms with van der Waals surface area (Å²) < 4.78 is 78.7. The van der Waals surface area contributed by atoms with Crippen LogP contribution < -0.4 is 5.32 Å². The number of hydrogen-bond acceptors (Lipinski definition) is 4. The minimum absolute atomic E-state index is 0.0811. The molecule has 0 unspecified atom stereocenters. The zero-order chi connectivity index (χ0) is 24.4. The molecule has 3 rings (SSSR count). The number of pyridine rings is 2. The molecule has 0 aliphatic rings. The number of hydrogen-bond donors (Lipinski definition) is 1. The lowest BCUT2D eigenvalue weighted by Gasteiger charge is -2.15. The number of anilines is 2. The smallest absolute Gasteiger partial charge is 0.355 e. The van der Waals surface area contributed by atoms with E-state index in [0.29, 0.717) is 28.5 Å². The quantitative estimate of drug-likeness (QED) is 0.284. The molecule has 0 atom stereocenters. The van der Waals surface area contributed by atoms with Gasteiger partial charge in [-0.25, -0.2) is 9.97 Å². The van der Waals surface area contributed by atoms with Gasteiger partial charge in [-0.1, -0.05) is 5.92 Å². The summed E-state index contributed by atoms with van der Waals surface area (Å²) in [5.41, 5.74) is -0.952. The van der Waals surface area contributed by atoms with Crippen LogP contribution in [0.1, 0.15) is 17.0 Å². The maximum absolute atomic E-state index is 13.4. The highest BCUT2D eigenvalue weighted by atomic mass is 19.4. The highest BCUT2D eigenvalue weighted by Crippen LogP contribution is 2.32. The van der Waals surface area contributed by atoms with Gasteiger partial charge in [-0.3, -0.25) is 4.99 Å². The SMILES string of the molecule is C#C/C=C(\C(=NC)c1ccc2c(Nc3ccc(C(F)(F)F)cc3)cc(C)nc2n1)C(F)(F)F. The molecular formula is C23H16F6N4. The Bertz CT molecular complexity index is 1280. The number of fused-ring (bicyclic) bond motifs is 1. The van der Waals surface area contributed by atoms with Crippen molar-refractivity contribution in [1.82, 2.24) is 9.97 Å². The summed E-state index contributed by atoms with van der Waals surface area (Å²) >= 11 is 0. The van der Waals surface area contributed by atoms with Gasteiger partial charge in [0.2, 0.25) is 0 Å². The average Bonchev–Trinajstić information content (AvgIpc) is 2.72. The van der Waals surface area contributed by atoms with Gasteiger partial charge in [-0.15, -0.1) is 6.42 Å². The molecule has 2 heterocycles. The van der Waals surface area contributed by atoms with E-state index in [4.69, 9.17) is 6.42 Å². The summed E-state index contributed by atoms with van der Waals surface area (Å²) in [4.78, 5) is 12.2. The predicted octanol–water partition coefficient (Wildman–Crippen LogP) is 6.24. The summed E-state index contributed by atoms with van der Waals surface area (Å²) in [7, 11) is 1.19. The third-order valence-corrected chi connectivity index (χ3v) is 4.55. The van der Waals surface area contributed by atoms with Crippen molar-refractivity contribution in [3.8, 4) is 12.3 Å². The summed E-state index contributed by atoms with van der Waals surface area (Å²) in [6, 6.07) is 8.92. The van der Waals surface area contributed by atoms with Gasteiger partial charge >= 0.3 is 12.4 Å². The van der Waals surface area contributed by atoms with E-state index in [9.17, 15) is 26.3 Å². The first-order valence-corrected chi connectivity index (χ1v) is 9.37. The number of aliphatic imine (C=N–C) groups is 1. The zero-order valence-corrected chi connectivity index (χ0v) is 17.3. The minimum atomic E-state index is -4.74. The Morgan fingerprint density at radius 3 is 2.24 bits per heavy atom. The van der Waals surface area contributed by atoms with Crippen LogP contribution in [0.25, 0.3) is 11.0 Å². The number of nitrogens with one attached hydrogen (secondary N) is 1. The van der Waals surface area contributed by atoms with E-state index in [-0.39, 0.29) is 11.3 Å². The summed E-state index contributed by atoms with van der Waals surface area (Å²) in [5, 5.41) is 3.45. The van der Waals surface area contributed by atoms with Crippen molar-refractivity contribution in [2.75, 3.05) is 12.4 Å². The van der Waals surface area contributed by atoms with Crippen LogP contribution in [0.2, 0.25) is 0 Å². The van der Waals surface area contributed by atoms with Crippen LogP contribution in [-0.4, -0.2) is 28.9 Å². The Morgan fingerprint density at radius 2 is 1.70 bits per heavy atom. The molecule has 1 aromatic carbocycles. The first-order chi connectivity index (χ1) is 15.4. The second kappa shape index (κ2) is 8.94. The monoisotopic (exact) mass is 462 g/mol. The van der Waals surface area contributed by atoms with Crippen LogP contribution in [0.15, 0.2) is 59.1 Å². The van der Waals surface area contributed by atoms with Gasteiger partial charge in [-0.05, 0) is 49.4 Å². The maximum atomic E-state index is 13.4. The zero-order valence-electron chi connectivity index (χ0n) is 17.3. The van der Waals surface area contributed by atoms with E-state index in [1.807, 2.05) is 5.92 Å². The van der Waals surface area contributed by atoms with E-state index >= 15 is 0 Å². The number of allylic oxidation sites excluding steroid dienone is 2. The summed E-state index contributed by atoms with van der Waals surface area (Å²) in [6.07, 6.45) is -3.57. The lowest BCUT2D eigenvalue weighted by atomic mass is 10.0. The number of alkyl halides is 6. The highest BCUT2D eigenvalue weighted by molar-refractivity contribution is 6.13. The standard InChI is InChI=1S/C23H16F6N4/c1-4-5-17(23(27,28)29)20(30-3)18-11-10-16-19(12-13(2)31-21(16)33-18)32-15-8-6-14(7-9-15)22(24,25)26/h1,5-12H,2-3H3,(H,31,32,33)/b17-5+,30-20?. The first kappa shape index (κ1) is 23.8. The van der Waals surface area contributed by atoms with Gasteiger partial charge < -0.3 is 5.32 Å². The van der Waals surface area contributed by atoms with E-state index in [1.165, 1.54) is 31.3 Å². The first-order valence-electron chi connectivity index (χ1n) is 9.37. The summed E-state index contributed by atoms with van der Waals surface area (Å²) in [6.45, 7) is 1.65. The number of rotatable bonds is 4. The Labute approximate surface area is 185 Å². The van der Waals surface area contributed by atoms with Gasteiger partial charge in [0.1, 0.15) is 0 Å². The van der Waals surface area contributed by atoms with Crippen molar-refractivity contribution in [2.45, 2.75) is 19.3 Å². The van der Waals surface area contributed by atoms with E-state index in [2.05, 4.69) is 20.3 Å². The fraction of sp³-hybridized carbons (Fsp3) is 0.174. The Balaban J connectivity index is 2.04. The molecule has 0 saturated heterocycles. The highest BCUT2D eigenvalue weighted by Gasteiger charge is 2.37. The van der Waals surface area contributed by atoms with Crippen LogP contribution >= 0.6 is 0 Å². The number of benzene rings is 1. The van der Waals surface area contributed by atoms with E-state index in [1.54, 1.807) is 13.0 Å². The minimum Gasteiger partial charge on any atom is -0.355 e. The molecule has 4 nitrogen and oxygen atoms in total. The normalized spacial score (nSPS) is 13.2. The molecule has 170 valence electrons. The number of halogens is 6. The molecule has 0 saturated carbocycles. The van der Waals surface area contributed by atoms with Crippen molar-refractivity contribution in [1.29, 1.82) is 0 Å². The molecule has 0 fully saturated rings. The molecule has 33 heavy (non-hydrogen) atoms. The number of aromatic nitrogens is 2. The lowest BCUT2D eigenvalue weighted by molar-refractivity contribution is -0.137. The van der Waals surface area contributed by atoms with Crippen LogP contribution in [0.4, 0.5) is 37.7 Å². The van der Waals surface area contributed by atoms with E-state index in [0.717, 1.165) is 12.1 Å². The molecular weight excluding hydrogens is 446 g/mol. The largest absolute Gasteiger partial charge is 0.419 e. The second-order valence-corrected chi connectivity index (χ2v) is 6.87. The van der Waals surface area contributed by atoms with Crippen LogP contribution in [0, 0.1) is 19.3 Å². The molecule has 0 spiro atoms. The van der Waals surface area contributed by atoms with Crippen molar-refractivity contribution in [2.24, 2.45) is 4.99 Å². The third-order valence-electron chi connectivity index (χ3n) is 4.55. The topological polar surface area (TPSA) is 50.2 Å². The molecule has 1 N–H and O–H groups in total. The predicted molar refractivity (Wildman–Crippen MR) is 114 cm³/mol. The maximum Gasteiger partial charge on any atom is 0.419 e. The molecule has 0 amide bonds. The van der Waals surface area contributed by atoms with Gasteiger partial charge in [0, 0.05) is 29.9 Å². The van der Waals surface area contributed by atoms with Gasteiger partial charge in [-0.2, -0.15) is 26.3 Å². The van der Waals surface area contributed by atoms with Crippen LogP contribution in [0.3, 0.4) is 0 Å². The van der Waals surface area contributed by atoms with E-state index < -0.39 is 29.2 Å². The average molecular weight is 462 g/mol. The van der Waals surface area contributed by atoms with Crippen molar-refractivity contribution in [3.05, 3.63) is 71.1 Å². The number of terminal acetylenes is 1. The number of nitrogens with zero attached hydrogens (tertiary/aromatic N) is 3. The molecule has 10 heteroatoms. The van der Waals surface area contributed by atoms with Crippen LogP contribution in [-0.2, 0) is 6.18 Å². The third kappa shape index (κ3) is 5.31. The van der Waals surface area contributed by atoms with Crippen molar-refractivity contribution >= 4 is 28.1 Å². The van der Waals surface area contributed by atoms with Crippen molar-refractivity contribution in [3.63, 3.8) is 0 Å². The summed E-state index contributed by atoms with van der Waals surface area (Å²) in [5.74, 6) is 1.87. The van der Waals surface area contributed by atoms with Crippen LogP contribution in [0.5, 0.6) is 0 Å². The van der Waals surface area contributed by atoms with Gasteiger partial charge in [0.15, 0.2) is 5.65 Å². The second-order valence-electron chi connectivity index (χ2n) is 6.87.